The van der Waals surface area contributed by atoms with Gasteiger partial charge in [-0.3, -0.25) is 9.78 Å². The van der Waals surface area contributed by atoms with Crippen molar-refractivity contribution in [3.63, 3.8) is 0 Å². The standard InChI is InChI=1S/C12H17F2NO.C6H6N2O/c1-12(2,3)15-8-9-5-4-6-10(7-9)16-11(13)14;7-6(9)5-1-3-8-4-2-5/h4-7,11,15H,8H2,1-3H3;1-4H,(H2,7,9). The van der Waals surface area contributed by atoms with Gasteiger partial charge in [0.05, 0.1) is 0 Å². The first-order valence-electron chi connectivity index (χ1n) is 7.66. The Balaban J connectivity index is 0.000000293. The Hall–Kier alpha value is -2.54. The molecule has 1 heterocycles. The summed E-state index contributed by atoms with van der Waals surface area (Å²) in [5, 5.41) is 3.28. The number of primary amides is 1. The summed E-state index contributed by atoms with van der Waals surface area (Å²) in [5.41, 5.74) is 6.36. The van der Waals surface area contributed by atoms with E-state index in [4.69, 9.17) is 5.73 Å². The maximum atomic E-state index is 12.0. The summed E-state index contributed by atoms with van der Waals surface area (Å²) in [7, 11) is 0. The minimum absolute atomic E-state index is 0.000420. The van der Waals surface area contributed by atoms with Crippen LogP contribution in [0.1, 0.15) is 36.7 Å². The van der Waals surface area contributed by atoms with Crippen molar-refractivity contribution >= 4 is 5.91 Å². The molecule has 0 bridgehead atoms. The molecule has 2 aromatic rings. The van der Waals surface area contributed by atoms with E-state index in [-0.39, 0.29) is 11.3 Å². The molecular weight excluding hydrogens is 328 g/mol. The maximum Gasteiger partial charge on any atom is 0.387 e. The molecule has 136 valence electrons. The van der Waals surface area contributed by atoms with Gasteiger partial charge in [-0.05, 0) is 50.6 Å². The van der Waals surface area contributed by atoms with Crippen molar-refractivity contribution in [3.8, 4) is 5.75 Å². The molecule has 1 aromatic heterocycles. The largest absolute Gasteiger partial charge is 0.435 e. The van der Waals surface area contributed by atoms with Crippen molar-refractivity contribution in [1.29, 1.82) is 0 Å². The average Bonchev–Trinajstić information content (AvgIpc) is 2.53. The van der Waals surface area contributed by atoms with Gasteiger partial charge in [-0.2, -0.15) is 8.78 Å². The van der Waals surface area contributed by atoms with Crippen molar-refractivity contribution < 1.29 is 18.3 Å². The molecule has 0 saturated heterocycles. The van der Waals surface area contributed by atoms with Crippen LogP contribution in [0.2, 0.25) is 0 Å². The molecule has 0 spiro atoms. The molecule has 25 heavy (non-hydrogen) atoms. The molecule has 1 aromatic carbocycles. The zero-order chi connectivity index (χ0) is 18.9. The van der Waals surface area contributed by atoms with Gasteiger partial charge in [0, 0.05) is 30.0 Å². The number of alkyl halides is 2. The minimum Gasteiger partial charge on any atom is -0.435 e. The molecule has 0 unspecified atom stereocenters. The third-order valence-corrected chi connectivity index (χ3v) is 2.91. The molecule has 0 saturated carbocycles. The second kappa shape index (κ2) is 9.68. The second-order valence-electron chi connectivity index (χ2n) is 6.23. The summed E-state index contributed by atoms with van der Waals surface area (Å²) in [5.74, 6) is -0.222. The molecule has 3 N–H and O–H groups in total. The van der Waals surface area contributed by atoms with Crippen LogP contribution < -0.4 is 15.8 Å². The summed E-state index contributed by atoms with van der Waals surface area (Å²) in [6, 6.07) is 9.86. The van der Waals surface area contributed by atoms with Crippen LogP contribution in [0.15, 0.2) is 48.8 Å². The monoisotopic (exact) mass is 351 g/mol. The molecule has 1 amide bonds. The topological polar surface area (TPSA) is 77.2 Å². The van der Waals surface area contributed by atoms with Gasteiger partial charge in [-0.1, -0.05) is 12.1 Å². The van der Waals surface area contributed by atoms with Gasteiger partial charge in [-0.25, -0.2) is 0 Å². The predicted octanol–water partition coefficient (Wildman–Crippen LogP) is 3.36. The number of ether oxygens (including phenoxy) is 1. The lowest BCUT2D eigenvalue weighted by Gasteiger charge is -2.20. The molecule has 5 nitrogen and oxygen atoms in total. The summed E-state index contributed by atoms with van der Waals surface area (Å²) < 4.78 is 28.3. The molecule has 0 atom stereocenters. The Morgan fingerprint density at radius 2 is 1.88 bits per heavy atom. The van der Waals surface area contributed by atoms with Crippen LogP contribution in [0.4, 0.5) is 8.78 Å². The van der Waals surface area contributed by atoms with E-state index in [0.717, 1.165) is 5.56 Å². The highest BCUT2D eigenvalue weighted by atomic mass is 19.3. The quantitative estimate of drug-likeness (QED) is 0.866. The zero-order valence-corrected chi connectivity index (χ0v) is 14.5. The number of hydrogen-bond acceptors (Lipinski definition) is 4. The van der Waals surface area contributed by atoms with Crippen LogP contribution in [0.5, 0.6) is 5.75 Å². The van der Waals surface area contributed by atoms with Crippen LogP contribution >= 0.6 is 0 Å². The Labute approximate surface area is 146 Å². The van der Waals surface area contributed by atoms with E-state index >= 15 is 0 Å². The summed E-state index contributed by atoms with van der Waals surface area (Å²) in [6.07, 6.45) is 3.06. The zero-order valence-electron chi connectivity index (χ0n) is 14.5. The Bertz CT molecular complexity index is 659. The Morgan fingerprint density at radius 3 is 2.36 bits per heavy atom. The molecule has 0 fully saturated rings. The fourth-order valence-corrected chi connectivity index (χ4v) is 1.72. The number of halogens is 2. The van der Waals surface area contributed by atoms with E-state index in [1.165, 1.54) is 18.5 Å². The second-order valence-corrected chi connectivity index (χ2v) is 6.23. The first-order chi connectivity index (χ1) is 11.7. The minimum atomic E-state index is -2.77. The number of hydrogen-bond donors (Lipinski definition) is 2. The van der Waals surface area contributed by atoms with Crippen molar-refractivity contribution in [2.75, 3.05) is 0 Å². The number of rotatable bonds is 5. The van der Waals surface area contributed by atoms with E-state index < -0.39 is 12.5 Å². The molecule has 0 aliphatic carbocycles. The number of pyridine rings is 1. The number of amides is 1. The highest BCUT2D eigenvalue weighted by Gasteiger charge is 2.09. The number of benzene rings is 1. The van der Waals surface area contributed by atoms with E-state index in [2.05, 4.69) is 15.0 Å². The van der Waals surface area contributed by atoms with Crippen molar-refractivity contribution in [3.05, 3.63) is 59.9 Å². The molecule has 0 aliphatic heterocycles. The Kier molecular flexibility index (Phi) is 7.94. The SMILES string of the molecule is CC(C)(C)NCc1cccc(OC(F)F)c1.NC(=O)c1ccncc1. The van der Waals surface area contributed by atoms with E-state index in [1.54, 1.807) is 24.3 Å². The van der Waals surface area contributed by atoms with Crippen LogP contribution in [0, 0.1) is 0 Å². The first-order valence-corrected chi connectivity index (χ1v) is 7.66. The van der Waals surface area contributed by atoms with Crippen molar-refractivity contribution in [1.82, 2.24) is 10.3 Å². The third kappa shape index (κ3) is 9.36. The fourth-order valence-electron chi connectivity index (χ4n) is 1.72. The highest BCUT2D eigenvalue weighted by molar-refractivity contribution is 5.92. The third-order valence-electron chi connectivity index (χ3n) is 2.91. The lowest BCUT2D eigenvalue weighted by atomic mass is 10.1. The highest BCUT2D eigenvalue weighted by Crippen LogP contribution is 2.16. The molecule has 0 radical (unpaired) electrons. The van der Waals surface area contributed by atoms with Gasteiger partial charge in [0.15, 0.2) is 0 Å². The van der Waals surface area contributed by atoms with Gasteiger partial charge in [0.2, 0.25) is 5.91 Å². The van der Waals surface area contributed by atoms with E-state index in [9.17, 15) is 13.6 Å². The normalized spacial score (nSPS) is 10.8. The Morgan fingerprint density at radius 1 is 1.24 bits per heavy atom. The number of nitrogens with two attached hydrogens (primary N) is 1. The van der Waals surface area contributed by atoms with Crippen LogP contribution in [-0.4, -0.2) is 23.0 Å². The molecule has 0 aliphatic rings. The van der Waals surface area contributed by atoms with Gasteiger partial charge in [0.25, 0.3) is 0 Å². The van der Waals surface area contributed by atoms with Gasteiger partial charge >= 0.3 is 6.61 Å². The number of nitrogens with one attached hydrogen (secondary N) is 1. The van der Waals surface area contributed by atoms with E-state index in [1.807, 2.05) is 26.8 Å². The number of aromatic nitrogens is 1. The fraction of sp³-hybridized carbons (Fsp3) is 0.333. The first kappa shape index (κ1) is 20.5. The maximum absolute atomic E-state index is 12.0. The van der Waals surface area contributed by atoms with Crippen LogP contribution in [-0.2, 0) is 6.54 Å². The van der Waals surface area contributed by atoms with Gasteiger partial charge < -0.3 is 15.8 Å². The summed E-state index contributed by atoms with van der Waals surface area (Å²) in [4.78, 5) is 14.1. The molecular formula is C18H23F2N3O2. The number of carbonyl (C=O) groups is 1. The van der Waals surface area contributed by atoms with E-state index in [0.29, 0.717) is 12.1 Å². The lowest BCUT2D eigenvalue weighted by molar-refractivity contribution is -0.0498. The van der Waals surface area contributed by atoms with Crippen LogP contribution in [0.3, 0.4) is 0 Å². The summed E-state index contributed by atoms with van der Waals surface area (Å²) >= 11 is 0. The van der Waals surface area contributed by atoms with Gasteiger partial charge in [-0.15, -0.1) is 0 Å². The van der Waals surface area contributed by atoms with Crippen molar-refractivity contribution in [2.45, 2.75) is 39.5 Å². The van der Waals surface area contributed by atoms with Crippen molar-refractivity contribution in [2.24, 2.45) is 5.73 Å². The smallest absolute Gasteiger partial charge is 0.387 e. The molecule has 7 heteroatoms. The predicted molar refractivity (Wildman–Crippen MR) is 92.4 cm³/mol. The lowest BCUT2D eigenvalue weighted by Crippen LogP contribution is -2.35. The number of carbonyl (C=O) groups excluding carboxylic acids is 1. The number of nitrogens with zero attached hydrogens (tertiary/aromatic N) is 1. The van der Waals surface area contributed by atoms with Crippen LogP contribution in [0.25, 0.3) is 0 Å². The summed E-state index contributed by atoms with van der Waals surface area (Å²) in [6.45, 7) is 4.00. The molecule has 2 rings (SSSR count). The van der Waals surface area contributed by atoms with Gasteiger partial charge in [0.1, 0.15) is 5.75 Å². The average molecular weight is 351 g/mol.